The van der Waals surface area contributed by atoms with E-state index in [4.69, 9.17) is 23.2 Å². The Morgan fingerprint density at radius 3 is 1.45 bits per heavy atom. The van der Waals surface area contributed by atoms with Crippen LogP contribution >= 0.6 is 39.0 Å². The van der Waals surface area contributed by atoms with E-state index in [1.54, 1.807) is 0 Å². The van der Waals surface area contributed by atoms with Crippen LogP contribution < -0.4 is 27.3 Å². The van der Waals surface area contributed by atoms with Crippen molar-refractivity contribution in [2.75, 3.05) is 33.5 Å². The van der Waals surface area contributed by atoms with Crippen molar-refractivity contribution in [2.45, 2.75) is 79.1 Å². The third-order valence-corrected chi connectivity index (χ3v) is 8.92. The molecule has 3 aromatic rings. The average molecular weight is 743 g/mol. The van der Waals surface area contributed by atoms with Gasteiger partial charge >= 0.3 is 12.3 Å². The number of imidazole rings is 1. The maximum atomic E-state index is 4.76. The first kappa shape index (κ1) is 39.3. The lowest BCUT2D eigenvalue weighted by Crippen LogP contribution is -3.00. The second kappa shape index (κ2) is 17.7. The van der Waals surface area contributed by atoms with Crippen molar-refractivity contribution in [1.82, 2.24) is 14.2 Å². The van der Waals surface area contributed by atoms with Crippen LogP contribution in [-0.4, -0.2) is 60.0 Å². The van der Waals surface area contributed by atoms with Crippen molar-refractivity contribution in [3.63, 3.8) is 0 Å². The molecule has 0 fully saturated rings. The Morgan fingerprint density at radius 2 is 1.12 bits per heavy atom. The predicted molar refractivity (Wildman–Crippen MR) is 188 cm³/mol. The van der Waals surface area contributed by atoms with Crippen molar-refractivity contribution < 1.29 is 21.5 Å². The van der Waals surface area contributed by atoms with E-state index < -0.39 is 0 Å². The van der Waals surface area contributed by atoms with Crippen molar-refractivity contribution in [2.24, 2.45) is 0 Å². The number of benzene rings is 2. The summed E-state index contributed by atoms with van der Waals surface area (Å²) in [6.45, 7) is 18.5. The lowest BCUT2D eigenvalue weighted by Gasteiger charge is -2.27. The van der Waals surface area contributed by atoms with Gasteiger partial charge in [-0.25, -0.2) is 9.13 Å². The van der Waals surface area contributed by atoms with E-state index >= 15 is 0 Å². The van der Waals surface area contributed by atoms with Gasteiger partial charge in [0.05, 0.1) is 5.34 Å². The molecule has 0 amide bonds. The van der Waals surface area contributed by atoms with Gasteiger partial charge in [0.15, 0.2) is 0 Å². The number of para-hydroxylation sites is 2. The summed E-state index contributed by atoms with van der Waals surface area (Å²) in [4.78, 5) is 4.61. The molecule has 0 atom stereocenters. The summed E-state index contributed by atoms with van der Waals surface area (Å²) < 4.78 is 4.99. The zero-order valence-corrected chi connectivity index (χ0v) is 32.3. The molecule has 2 aromatic carbocycles. The molecule has 0 spiro atoms. The minimum Gasteiger partial charge on any atom is -1.00 e. The Balaban J connectivity index is 0.00000211. The molecule has 0 unspecified atom stereocenters. The van der Waals surface area contributed by atoms with Gasteiger partial charge in [-0.05, 0) is 51.9 Å². The Kier molecular flexibility index (Phi) is 16.5. The second-order valence-electron chi connectivity index (χ2n) is 12.4. The largest absolute Gasteiger partial charge is 1.00 e. The van der Waals surface area contributed by atoms with Gasteiger partial charge in [-0.1, -0.05) is 91.8 Å². The molecule has 3 rings (SSSR count). The zero-order chi connectivity index (χ0) is 31.2. The first-order chi connectivity index (χ1) is 19.2. The van der Waals surface area contributed by atoms with E-state index in [2.05, 4.69) is 167 Å². The van der Waals surface area contributed by atoms with Crippen molar-refractivity contribution in [3.05, 3.63) is 71.0 Å². The number of hydrogen-bond donors (Lipinski definition) is 0. The van der Waals surface area contributed by atoms with Gasteiger partial charge in [0.2, 0.25) is 5.72 Å². The number of alkyl halides is 2. The third-order valence-electron chi connectivity index (χ3n) is 7.60. The SMILES string of the molecule is CC(C)c1cccc(C(C)C)c1-n1cc[n+](-c2c(C(C)C)cccc2C(C)C)c1B(B(Br)N(C)C)N(C)C.ClCCl.[Br-]. The molecule has 0 N–H and O–H groups in total. The molecule has 0 aliphatic rings. The van der Waals surface area contributed by atoms with Crippen molar-refractivity contribution in [3.8, 4) is 11.4 Å². The van der Waals surface area contributed by atoms with Crippen LogP contribution in [0.1, 0.15) is 101 Å². The summed E-state index contributed by atoms with van der Waals surface area (Å²) in [6, 6.07) is 13.7. The molecule has 0 aliphatic heterocycles. The van der Waals surface area contributed by atoms with Crippen LogP contribution in [0.15, 0.2) is 48.8 Å². The summed E-state index contributed by atoms with van der Waals surface area (Å²) in [5.41, 5.74) is 9.55. The van der Waals surface area contributed by atoms with Crippen LogP contribution in [0.4, 0.5) is 0 Å². The van der Waals surface area contributed by atoms with Crippen LogP contribution in [0, 0.1) is 0 Å². The number of rotatable bonds is 10. The summed E-state index contributed by atoms with van der Waals surface area (Å²) >= 11 is 13.6. The minimum absolute atomic E-state index is 0. The predicted octanol–water partition coefficient (Wildman–Crippen LogP) is 4.96. The quantitative estimate of drug-likeness (QED) is 0.166. The highest BCUT2D eigenvalue weighted by molar-refractivity contribution is 9.26. The lowest BCUT2D eigenvalue weighted by molar-refractivity contribution is -0.577. The molecule has 1 aromatic heterocycles. The summed E-state index contributed by atoms with van der Waals surface area (Å²) in [7, 11) is 8.69. The highest BCUT2D eigenvalue weighted by atomic mass is 79.9. The first-order valence-corrected chi connectivity index (χ1v) is 16.7. The van der Waals surface area contributed by atoms with E-state index in [0.29, 0.717) is 23.7 Å². The molecule has 42 heavy (non-hydrogen) atoms. The average Bonchev–Trinajstić information content (AvgIpc) is 3.31. The normalized spacial score (nSPS) is 11.5. The molecule has 232 valence electrons. The smallest absolute Gasteiger partial charge is 0.363 e. The van der Waals surface area contributed by atoms with E-state index in [-0.39, 0.29) is 34.6 Å². The van der Waals surface area contributed by atoms with Crippen LogP contribution in [-0.2, 0) is 0 Å². The van der Waals surface area contributed by atoms with E-state index in [0.717, 1.165) is 0 Å². The molecular formula is C32H50B2Br2Cl2N4. The number of aromatic nitrogens is 2. The molecule has 10 heteroatoms. The van der Waals surface area contributed by atoms with Gasteiger partial charge in [-0.2, -0.15) is 0 Å². The van der Waals surface area contributed by atoms with Gasteiger partial charge < -0.3 is 26.6 Å². The molecule has 4 nitrogen and oxygen atoms in total. The molecule has 0 saturated heterocycles. The third kappa shape index (κ3) is 8.91. The fourth-order valence-corrected chi connectivity index (χ4v) is 6.24. The highest BCUT2D eigenvalue weighted by Gasteiger charge is 2.45. The van der Waals surface area contributed by atoms with Crippen LogP contribution in [0.3, 0.4) is 0 Å². The van der Waals surface area contributed by atoms with Crippen molar-refractivity contribution in [1.29, 1.82) is 0 Å². The Hall–Kier alpha value is -0.760. The monoisotopic (exact) mass is 740 g/mol. The Morgan fingerprint density at radius 1 is 0.738 bits per heavy atom. The summed E-state index contributed by atoms with van der Waals surface area (Å²) in [5.74, 6) is 1.64. The van der Waals surface area contributed by atoms with Gasteiger partial charge in [-0.15, -0.1) is 39.0 Å². The number of hydrogen-bond acceptors (Lipinski definition) is 2. The maximum absolute atomic E-state index is 4.76. The topological polar surface area (TPSA) is 15.3 Å². The van der Waals surface area contributed by atoms with Gasteiger partial charge in [-0.3, -0.25) is 0 Å². The maximum Gasteiger partial charge on any atom is 0.363 e. The fraction of sp³-hybridized carbons (Fsp3) is 0.531. The molecule has 0 radical (unpaired) electrons. The summed E-state index contributed by atoms with van der Waals surface area (Å²) in [5, 5.41) is 0.194. The number of halogens is 4. The number of nitrogens with zero attached hydrogens (tertiary/aromatic N) is 4. The Labute approximate surface area is 286 Å². The van der Waals surface area contributed by atoms with Crippen LogP contribution in [0.2, 0.25) is 0 Å². The van der Waals surface area contributed by atoms with Crippen LogP contribution in [0.5, 0.6) is 0 Å². The molecule has 0 bridgehead atoms. The van der Waals surface area contributed by atoms with Crippen LogP contribution in [0.25, 0.3) is 11.4 Å². The molecular weight excluding hydrogens is 693 g/mol. The standard InChI is InChI=1S/C31H48B2BrN4.CH2Cl2.BrH/c1-21(2)25-15-13-16-26(22(3)4)29(25)37-19-20-38(31(37)32(35(9)10)33(34)36(11)12)30-27(23(5)6)17-14-18-28(30)24(7)8;2-1-3;/h13-24H,1-12H3;1H2;1H/q+1;;/p-1. The molecule has 0 aliphatic carbocycles. The van der Waals surface area contributed by atoms with Gasteiger partial charge in [0, 0.05) is 22.3 Å². The first-order valence-electron chi connectivity index (χ1n) is 14.7. The molecule has 1 heterocycles. The Bertz CT molecular complexity index is 1130. The van der Waals surface area contributed by atoms with Gasteiger partial charge in [0.25, 0.3) is 0 Å². The van der Waals surface area contributed by atoms with E-state index in [1.165, 1.54) is 39.4 Å². The zero-order valence-electron chi connectivity index (χ0n) is 27.6. The fourth-order valence-electron chi connectivity index (χ4n) is 5.53. The molecule has 0 saturated carbocycles. The van der Waals surface area contributed by atoms with Gasteiger partial charge in [0.1, 0.15) is 23.8 Å². The van der Waals surface area contributed by atoms with Crippen molar-refractivity contribution >= 4 is 57.0 Å². The van der Waals surface area contributed by atoms with E-state index in [1.807, 2.05) is 0 Å². The summed E-state index contributed by atoms with van der Waals surface area (Å²) in [6.07, 6.45) is 4.60. The lowest BCUT2D eigenvalue weighted by atomic mass is 9.32. The highest BCUT2D eigenvalue weighted by Crippen LogP contribution is 2.32. The second-order valence-corrected chi connectivity index (χ2v) is 14.2. The van der Waals surface area contributed by atoms with E-state index in [9.17, 15) is 0 Å². The minimum atomic E-state index is 0.